The molecule has 3 fully saturated rings. The van der Waals surface area contributed by atoms with Crippen molar-refractivity contribution < 1.29 is 34.7 Å². The molecule has 0 bridgehead atoms. The second kappa shape index (κ2) is 8.07. The van der Waals surface area contributed by atoms with Crippen molar-refractivity contribution in [3.63, 3.8) is 0 Å². The lowest BCUT2D eigenvalue weighted by molar-refractivity contribution is -0.176. The van der Waals surface area contributed by atoms with Crippen molar-refractivity contribution in [2.24, 2.45) is 28.6 Å². The molecule has 4 rings (SSSR count). The van der Waals surface area contributed by atoms with Crippen molar-refractivity contribution in [1.82, 2.24) is 0 Å². The summed E-state index contributed by atoms with van der Waals surface area (Å²) in [5.41, 5.74) is -4.91. The van der Waals surface area contributed by atoms with Gasteiger partial charge in [-0.05, 0) is 101 Å². The maximum Gasteiger partial charge on any atom is 0.159 e. The van der Waals surface area contributed by atoms with Crippen LogP contribution in [0.25, 0.3) is 0 Å². The number of aliphatic hydroxyl groups is 5. The minimum Gasteiger partial charge on any atom is -0.390 e. The van der Waals surface area contributed by atoms with E-state index in [9.17, 15) is 34.7 Å². The van der Waals surface area contributed by atoms with E-state index in [0.717, 1.165) is 0 Å². The highest BCUT2D eigenvalue weighted by atomic mass is 19.1. The van der Waals surface area contributed by atoms with Crippen molar-refractivity contribution >= 4 is 5.78 Å². The van der Waals surface area contributed by atoms with Crippen LogP contribution in [0.5, 0.6) is 0 Å². The number of hydrogen-bond donors (Lipinski definition) is 5. The molecule has 34 heavy (non-hydrogen) atoms. The summed E-state index contributed by atoms with van der Waals surface area (Å²) in [6, 6.07) is 0. The van der Waals surface area contributed by atoms with Gasteiger partial charge in [0.25, 0.3) is 0 Å². The van der Waals surface area contributed by atoms with Crippen LogP contribution in [0.15, 0.2) is 11.6 Å². The molecule has 0 heterocycles. The zero-order valence-corrected chi connectivity index (χ0v) is 21.2. The third kappa shape index (κ3) is 3.73. The van der Waals surface area contributed by atoms with E-state index in [-0.39, 0.29) is 31.0 Å². The average Bonchev–Trinajstić information content (AvgIpc) is 3.00. The Balaban J connectivity index is 1.66. The lowest BCUT2D eigenvalue weighted by Gasteiger charge is -2.60. The van der Waals surface area contributed by atoms with Crippen molar-refractivity contribution in [3.8, 4) is 0 Å². The number of allylic oxidation sites excluding steroid dienone is 1. The van der Waals surface area contributed by atoms with Crippen molar-refractivity contribution in [1.29, 1.82) is 0 Å². The number of carbonyl (C=O) groups is 1. The average molecular weight is 483 g/mol. The van der Waals surface area contributed by atoms with Crippen LogP contribution in [0.2, 0.25) is 0 Å². The van der Waals surface area contributed by atoms with E-state index in [1.54, 1.807) is 13.0 Å². The summed E-state index contributed by atoms with van der Waals surface area (Å²) >= 11 is 0. The van der Waals surface area contributed by atoms with Gasteiger partial charge in [0.1, 0.15) is 5.67 Å². The molecule has 0 aromatic rings. The third-order valence-electron chi connectivity index (χ3n) is 10.5. The zero-order valence-electron chi connectivity index (χ0n) is 21.2. The Bertz CT molecular complexity index is 864. The van der Waals surface area contributed by atoms with Crippen LogP contribution in [-0.4, -0.2) is 66.5 Å². The molecule has 5 N–H and O–H groups in total. The summed E-state index contributed by atoms with van der Waals surface area (Å²) in [6.07, 6.45) is 1.53. The smallest absolute Gasteiger partial charge is 0.159 e. The first-order valence-corrected chi connectivity index (χ1v) is 12.9. The molecular weight excluding hydrogens is 439 g/mol. The van der Waals surface area contributed by atoms with E-state index in [0.29, 0.717) is 37.7 Å². The van der Waals surface area contributed by atoms with Gasteiger partial charge in [-0.2, -0.15) is 0 Å². The lowest BCUT2D eigenvalue weighted by Crippen LogP contribution is -2.62. The molecule has 0 aromatic heterocycles. The van der Waals surface area contributed by atoms with Gasteiger partial charge in [0.2, 0.25) is 0 Å². The Morgan fingerprint density at radius 1 is 1.12 bits per heavy atom. The van der Waals surface area contributed by atoms with Crippen LogP contribution >= 0.6 is 0 Å². The Labute approximate surface area is 202 Å². The van der Waals surface area contributed by atoms with Gasteiger partial charge in [-0.3, -0.25) is 4.79 Å². The van der Waals surface area contributed by atoms with E-state index < -0.39 is 57.8 Å². The summed E-state index contributed by atoms with van der Waals surface area (Å²) in [4.78, 5) is 13.2. The molecule has 7 heteroatoms. The number of ketones is 1. The molecule has 0 saturated heterocycles. The fourth-order valence-electron chi connectivity index (χ4n) is 8.31. The molecule has 0 aliphatic heterocycles. The highest BCUT2D eigenvalue weighted by Crippen LogP contribution is 2.68. The number of hydrogen-bond acceptors (Lipinski definition) is 6. The molecule has 0 unspecified atom stereocenters. The first kappa shape index (κ1) is 26.2. The minimum absolute atomic E-state index is 0.101. The molecule has 10 atom stereocenters. The van der Waals surface area contributed by atoms with E-state index in [2.05, 4.69) is 0 Å². The van der Waals surface area contributed by atoms with Crippen LogP contribution in [-0.2, 0) is 4.79 Å². The van der Waals surface area contributed by atoms with E-state index in [4.69, 9.17) is 0 Å². The SMILES string of the molecule is CC(C)(F)CC[C@@H](O)[C@](C)(O)[C@H]1CC[C@@]2(O)C3=CC(=O)[C@@H]4C[C@@H](O)[C@@H](O)C[C@]4(C)[C@H]3CC[C@]12C. The van der Waals surface area contributed by atoms with E-state index in [1.807, 2.05) is 13.8 Å². The monoisotopic (exact) mass is 482 g/mol. The fraction of sp³-hybridized carbons (Fsp3) is 0.889. The zero-order chi connectivity index (χ0) is 25.5. The van der Waals surface area contributed by atoms with Crippen LogP contribution in [0, 0.1) is 28.6 Å². The van der Waals surface area contributed by atoms with Crippen LogP contribution in [0.1, 0.15) is 86.0 Å². The first-order chi connectivity index (χ1) is 15.5. The number of rotatable bonds is 5. The highest BCUT2D eigenvalue weighted by Gasteiger charge is 2.69. The summed E-state index contributed by atoms with van der Waals surface area (Å²) in [5, 5.41) is 55.3. The predicted octanol–water partition coefficient (Wildman–Crippen LogP) is 2.83. The van der Waals surface area contributed by atoms with Crippen molar-refractivity contribution in [2.75, 3.05) is 0 Å². The number of aliphatic hydroxyl groups excluding tert-OH is 3. The van der Waals surface area contributed by atoms with Gasteiger partial charge in [0.05, 0.1) is 29.5 Å². The third-order valence-corrected chi connectivity index (χ3v) is 10.5. The Morgan fingerprint density at radius 2 is 1.76 bits per heavy atom. The number of alkyl halides is 1. The van der Waals surface area contributed by atoms with Gasteiger partial charge >= 0.3 is 0 Å². The standard InChI is InChI=1S/C27H43FO6/c1-23(2,28)9-8-22(32)26(5,33)21-7-11-27(34)16-12-18(29)17-13-19(30)20(31)14-24(17,3)15(16)6-10-25(21,27)4/h12,15,17,19-22,30-34H,6-11,13-14H2,1-5H3/t15-,17-,19+,20-,21-,22+,24+,25+,26+,27+/m0/s1. The first-order valence-electron chi connectivity index (χ1n) is 12.9. The maximum absolute atomic E-state index is 14.1. The molecule has 194 valence electrons. The van der Waals surface area contributed by atoms with E-state index in [1.165, 1.54) is 13.8 Å². The van der Waals surface area contributed by atoms with Crippen molar-refractivity contribution in [3.05, 3.63) is 11.6 Å². The van der Waals surface area contributed by atoms with Gasteiger partial charge in [-0.15, -0.1) is 0 Å². The van der Waals surface area contributed by atoms with Gasteiger partial charge in [0.15, 0.2) is 5.78 Å². The van der Waals surface area contributed by atoms with Gasteiger partial charge in [-0.1, -0.05) is 13.8 Å². The summed E-state index contributed by atoms with van der Waals surface area (Å²) < 4.78 is 14.1. The molecule has 0 aromatic carbocycles. The van der Waals surface area contributed by atoms with Crippen LogP contribution in [0.4, 0.5) is 4.39 Å². The largest absolute Gasteiger partial charge is 0.390 e. The molecule has 0 spiro atoms. The second-order valence-electron chi connectivity index (χ2n) is 13.1. The lowest BCUT2D eigenvalue weighted by atomic mass is 9.45. The highest BCUT2D eigenvalue weighted by molar-refractivity contribution is 5.95. The van der Waals surface area contributed by atoms with E-state index >= 15 is 0 Å². The Hall–Kier alpha value is -0.860. The predicted molar refractivity (Wildman–Crippen MR) is 125 cm³/mol. The quantitative estimate of drug-likeness (QED) is 0.411. The minimum atomic E-state index is -1.52. The number of halogens is 1. The topological polar surface area (TPSA) is 118 Å². The summed E-state index contributed by atoms with van der Waals surface area (Å²) in [5.74, 6) is -1.03. The summed E-state index contributed by atoms with van der Waals surface area (Å²) in [7, 11) is 0. The fourth-order valence-corrected chi connectivity index (χ4v) is 8.31. The van der Waals surface area contributed by atoms with Crippen LogP contribution in [0.3, 0.4) is 0 Å². The summed E-state index contributed by atoms with van der Waals surface area (Å²) in [6.45, 7) is 8.44. The normalized spacial score (nSPS) is 47.2. The number of carbonyl (C=O) groups excluding carboxylic acids is 1. The molecule has 0 amide bonds. The maximum atomic E-state index is 14.1. The molecule has 3 saturated carbocycles. The van der Waals surface area contributed by atoms with Gasteiger partial charge < -0.3 is 25.5 Å². The molecular formula is C27H43FO6. The second-order valence-corrected chi connectivity index (χ2v) is 13.1. The molecule has 0 radical (unpaired) electrons. The number of fused-ring (bicyclic) bond motifs is 5. The van der Waals surface area contributed by atoms with Gasteiger partial charge in [-0.25, -0.2) is 4.39 Å². The van der Waals surface area contributed by atoms with Crippen LogP contribution < -0.4 is 0 Å². The Kier molecular flexibility index (Phi) is 6.22. The molecule has 4 aliphatic rings. The molecule has 6 nitrogen and oxygen atoms in total. The molecule has 4 aliphatic carbocycles. The Morgan fingerprint density at radius 3 is 2.38 bits per heavy atom. The van der Waals surface area contributed by atoms with Gasteiger partial charge in [0, 0.05) is 11.3 Å². The van der Waals surface area contributed by atoms with Crippen molar-refractivity contribution in [2.45, 2.75) is 121 Å².